The van der Waals surface area contributed by atoms with E-state index in [0.717, 1.165) is 21.3 Å². The lowest BCUT2D eigenvalue weighted by Crippen LogP contribution is -2.80. The number of fused-ring (bicyclic) bond motifs is 4. The Morgan fingerprint density at radius 3 is 1.22 bits per heavy atom. The van der Waals surface area contributed by atoms with Gasteiger partial charge in [-0.05, 0) is 234 Å². The molecule has 82 heavy (non-hydrogen) atoms. The summed E-state index contributed by atoms with van der Waals surface area (Å²) in [7, 11) is 50.6. The van der Waals surface area contributed by atoms with Crippen molar-refractivity contribution in [3.63, 3.8) is 0 Å². The number of hydrogen-bond acceptors (Lipinski definition) is 0. The van der Waals surface area contributed by atoms with Gasteiger partial charge < -0.3 is 0 Å². The van der Waals surface area contributed by atoms with Gasteiger partial charge in [-0.25, -0.2) is 0 Å². The molecule has 0 saturated carbocycles. The maximum absolute atomic E-state index is 2.66. The lowest BCUT2D eigenvalue weighted by Gasteiger charge is -2.42. The SMILES string of the molecule is BBB(B)B(B(B)B)c1c(B(B(B)B)B(B)B)c(B(BB)B(B)B)c(B(B)B(B)B)c2c(B(B)BB)c(-c3c4c(c(C)c5c(C)c(C)c(C)c(C)c35)=C(c3c(C)c(C)c(C)c5c(C)c(C)c(C)c(C)c35)C(C)C(C)C=4C)c(BB)c(B)c12. The zero-order chi connectivity index (χ0) is 61.8. The van der Waals surface area contributed by atoms with Gasteiger partial charge in [-0.15, -0.1) is 10.9 Å². The largest absolute Gasteiger partial charge is 0.139 e. The zero-order valence-corrected chi connectivity index (χ0v) is 59.3. The van der Waals surface area contributed by atoms with E-state index in [2.05, 4.69) is 243 Å². The summed E-state index contributed by atoms with van der Waals surface area (Å²) < 4.78 is 0. The van der Waals surface area contributed by atoms with Crippen molar-refractivity contribution >= 4 is 320 Å². The number of rotatable bonds is 17. The molecule has 0 N–H and O–H groups in total. The monoisotopic (exact) mass is 1040 g/mol. The summed E-state index contributed by atoms with van der Waals surface area (Å²) in [5.41, 5.74) is 37.0. The van der Waals surface area contributed by atoms with Crippen molar-refractivity contribution in [2.75, 3.05) is 0 Å². The molecule has 0 aromatic heterocycles. The Kier molecular flexibility index (Phi) is 21.1. The van der Waals surface area contributed by atoms with E-state index in [9.17, 15) is 0 Å². The van der Waals surface area contributed by atoms with Crippen LogP contribution in [0, 0.1) is 94.9 Å². The Balaban J connectivity index is 2.09. The molecular formula is C49H87B33. The van der Waals surface area contributed by atoms with Gasteiger partial charge >= 0.3 is 0 Å². The molecule has 0 radical (unpaired) electrons. The maximum Gasteiger partial charge on any atom is 0.139 e. The highest BCUT2D eigenvalue weighted by Gasteiger charge is 2.44. The van der Waals surface area contributed by atoms with Crippen LogP contribution in [0.5, 0.6) is 0 Å². The van der Waals surface area contributed by atoms with Crippen LogP contribution in [0.25, 0.3) is 54.6 Å². The Labute approximate surface area is 525 Å². The topological polar surface area (TPSA) is 0 Å². The predicted octanol–water partition coefficient (Wildman–Crippen LogP) is -16.9. The van der Waals surface area contributed by atoms with Gasteiger partial charge in [0, 0.05) is 45.4 Å². The van der Waals surface area contributed by atoms with Crippen LogP contribution in [0.1, 0.15) is 93.1 Å². The fourth-order valence-corrected chi connectivity index (χ4v) is 17.8. The molecule has 0 bridgehead atoms. The number of benzene rings is 6. The molecule has 6 aromatic carbocycles. The first-order valence-corrected chi connectivity index (χ1v) is 33.7. The van der Waals surface area contributed by atoms with Crippen LogP contribution < -0.4 is 48.7 Å². The van der Waals surface area contributed by atoms with Crippen molar-refractivity contribution in [1.29, 1.82) is 0 Å². The van der Waals surface area contributed by atoms with Gasteiger partial charge in [0.15, 0.2) is 0 Å². The summed E-state index contributed by atoms with van der Waals surface area (Å²) in [4.78, 5) is 0. The van der Waals surface area contributed by atoms with Crippen molar-refractivity contribution in [2.24, 2.45) is 11.8 Å². The van der Waals surface area contributed by atoms with Gasteiger partial charge in [0.2, 0.25) is 0 Å². The van der Waals surface area contributed by atoms with E-state index < -0.39 is 0 Å². The molecule has 0 heterocycles. The van der Waals surface area contributed by atoms with Gasteiger partial charge in [-0.3, -0.25) is 0 Å². The molecule has 1 aliphatic carbocycles. The molecule has 33 heteroatoms. The molecule has 0 spiro atoms. The lowest BCUT2D eigenvalue weighted by atomic mass is 8.66. The summed E-state index contributed by atoms with van der Waals surface area (Å²) in [6, 6.07) is 0. The van der Waals surface area contributed by atoms with E-state index in [1.165, 1.54) is 106 Å². The predicted molar refractivity (Wildman–Crippen MR) is 460 cm³/mol. The summed E-state index contributed by atoms with van der Waals surface area (Å²) in [6.45, 7) is 39.1. The minimum absolute atomic E-state index is 0.306. The van der Waals surface area contributed by atoms with E-state index in [-0.39, 0.29) is 0 Å². The smallest absolute Gasteiger partial charge is 0.113 e. The van der Waals surface area contributed by atoms with Gasteiger partial charge in [-0.1, -0.05) is 46.7 Å². The van der Waals surface area contributed by atoms with Crippen molar-refractivity contribution in [3.8, 4) is 11.1 Å². The molecule has 0 amide bonds. The van der Waals surface area contributed by atoms with Gasteiger partial charge in [0.25, 0.3) is 0 Å². The Morgan fingerprint density at radius 2 is 0.805 bits per heavy atom. The second-order valence-electron chi connectivity index (χ2n) is 29.6. The molecular weight excluding hydrogens is 945 g/mol. The van der Waals surface area contributed by atoms with E-state index in [1.807, 2.05) is 0 Å². The second-order valence-corrected chi connectivity index (χ2v) is 29.6. The average Bonchev–Trinajstić information content (AvgIpc) is 2.22. The third-order valence-corrected chi connectivity index (χ3v) is 24.0. The number of hydrogen-bond donors (Lipinski definition) is 0. The Morgan fingerprint density at radius 1 is 0.354 bits per heavy atom. The fourth-order valence-electron chi connectivity index (χ4n) is 17.8. The lowest BCUT2D eigenvalue weighted by molar-refractivity contribution is 0.574. The Hall–Kier alpha value is -2.02. The van der Waals surface area contributed by atoms with Gasteiger partial charge in [0.1, 0.15) is 15.0 Å². The Bertz CT molecular complexity index is 3690. The normalized spacial score (nSPS) is 13.9. The van der Waals surface area contributed by atoms with Crippen LogP contribution in [0.3, 0.4) is 0 Å². The highest BCUT2D eigenvalue weighted by molar-refractivity contribution is 7.89. The fraction of sp³-hybridized carbons (Fsp3) is 0.347. The van der Waals surface area contributed by atoms with E-state index in [4.69, 9.17) is 0 Å². The molecule has 7 rings (SSSR count). The molecule has 382 valence electrons. The molecule has 0 fully saturated rings. The molecule has 0 saturated heterocycles. The molecule has 0 aliphatic heterocycles. The minimum atomic E-state index is 0.306. The summed E-state index contributed by atoms with van der Waals surface area (Å²) in [6.07, 6.45) is 2.98. The van der Waals surface area contributed by atoms with Gasteiger partial charge in [0.05, 0.1) is 178 Å². The van der Waals surface area contributed by atoms with Crippen LogP contribution in [0.4, 0.5) is 0 Å². The van der Waals surface area contributed by atoms with Crippen molar-refractivity contribution in [3.05, 3.63) is 82.8 Å². The summed E-state index contributed by atoms with van der Waals surface area (Å²) in [5.74, 6) is 0.633. The minimum Gasteiger partial charge on any atom is -0.113 e. The molecule has 6 aromatic rings. The van der Waals surface area contributed by atoms with Crippen LogP contribution in [-0.2, 0) is 0 Å². The number of aryl methyl sites for hydroxylation is 6. The van der Waals surface area contributed by atoms with Crippen LogP contribution in [0.2, 0.25) is 0 Å². The third kappa shape index (κ3) is 10.5. The first kappa shape index (κ1) is 67.5. The highest BCUT2D eigenvalue weighted by Crippen LogP contribution is 2.45. The van der Waals surface area contributed by atoms with E-state index in [1.54, 1.807) is 76.5 Å². The third-order valence-electron chi connectivity index (χ3n) is 24.0. The van der Waals surface area contributed by atoms with Crippen LogP contribution in [0.15, 0.2) is 0 Å². The summed E-state index contributed by atoms with van der Waals surface area (Å²) in [5, 5.41) is 12.4. The van der Waals surface area contributed by atoms with Crippen LogP contribution in [-0.4, -0.2) is 239 Å². The van der Waals surface area contributed by atoms with Gasteiger partial charge in [-0.2, -0.15) is 0 Å². The summed E-state index contributed by atoms with van der Waals surface area (Å²) >= 11 is 0. The molecule has 1 aliphatic rings. The molecule has 2 atom stereocenters. The highest BCUT2D eigenvalue weighted by atomic mass is 14.4. The van der Waals surface area contributed by atoms with Crippen molar-refractivity contribution in [2.45, 2.75) is 104 Å². The first-order valence-electron chi connectivity index (χ1n) is 33.7. The van der Waals surface area contributed by atoms with E-state index >= 15 is 0 Å². The average molecular weight is 1030 g/mol. The quantitative estimate of drug-likeness (QED) is 0.0799. The van der Waals surface area contributed by atoms with Crippen LogP contribution >= 0.6 is 0 Å². The second kappa shape index (κ2) is 25.6. The van der Waals surface area contributed by atoms with Crippen molar-refractivity contribution < 1.29 is 0 Å². The molecule has 0 nitrogen and oxygen atoms in total. The standard InChI is InChI=1S/C49H87B33/c1-16-18(3)25(10)33-31(22(16)7)24(9)20(5)27(12)35(33)36-28(13)21(6)29(14)37-38(36)30(15)32-23(8)17(2)19(4)26(11)34(32)39(37)41-44(68-51)43(50)40-42(45(41)72(55)69-52)46(73(56)77(57)58)48(74(70-53)78(59)60)49(75(79(61)62)80(63)64)47(40)76(81(65)66)82(67)71-54/h21,28,68-71H,50-67H2,1-15H3. The maximum atomic E-state index is 2.66. The van der Waals surface area contributed by atoms with Crippen molar-refractivity contribution in [1.82, 2.24) is 0 Å². The zero-order valence-electron chi connectivity index (χ0n) is 59.3. The van der Waals surface area contributed by atoms with E-state index in [0.29, 0.717) is 82.6 Å². The molecule has 2 unspecified atom stereocenters. The first-order chi connectivity index (χ1) is 38.2.